The van der Waals surface area contributed by atoms with Gasteiger partial charge >= 0.3 is 0 Å². The number of nitrogens with zero attached hydrogens (tertiary/aromatic N) is 1. The summed E-state index contributed by atoms with van der Waals surface area (Å²) in [4.78, 5) is 25.3. The molecular formula is C52H105N2O6P. The van der Waals surface area contributed by atoms with Crippen molar-refractivity contribution >= 4 is 13.7 Å². The third kappa shape index (κ3) is 47.0. The van der Waals surface area contributed by atoms with E-state index in [0.29, 0.717) is 17.4 Å². The lowest BCUT2D eigenvalue weighted by atomic mass is 10.0. The first-order valence-electron chi connectivity index (χ1n) is 26.6. The first-order chi connectivity index (χ1) is 29.5. The van der Waals surface area contributed by atoms with Gasteiger partial charge in [-0.05, 0) is 19.3 Å². The van der Waals surface area contributed by atoms with E-state index in [1.54, 1.807) is 6.08 Å². The Balaban J connectivity index is 3.98. The van der Waals surface area contributed by atoms with E-state index in [9.17, 15) is 19.4 Å². The molecule has 2 N–H and O–H groups in total. The lowest BCUT2D eigenvalue weighted by molar-refractivity contribution is -0.870. The molecule has 0 radical (unpaired) electrons. The highest BCUT2D eigenvalue weighted by Crippen LogP contribution is 2.38. The number of quaternary nitrogens is 1. The Morgan fingerprint density at radius 3 is 1.23 bits per heavy atom. The monoisotopic (exact) mass is 885 g/mol. The van der Waals surface area contributed by atoms with E-state index in [0.717, 1.165) is 38.5 Å². The molecule has 3 unspecified atom stereocenters. The summed E-state index contributed by atoms with van der Waals surface area (Å²) in [5, 5.41) is 13.8. The summed E-state index contributed by atoms with van der Waals surface area (Å²) in [6.07, 6.45) is 53.0. The number of aliphatic hydroxyl groups is 1. The van der Waals surface area contributed by atoms with Gasteiger partial charge in [0.15, 0.2) is 0 Å². The van der Waals surface area contributed by atoms with Gasteiger partial charge in [-0.2, -0.15) is 0 Å². The standard InChI is InChI=1S/C52H105N2O6P/c1-6-8-10-12-14-16-18-19-20-21-22-23-24-25-26-27-28-29-30-31-32-33-34-35-36-38-40-42-44-46-52(56)53-50(49-60-61(57,58)59-48-47-54(3,4)5)51(55)45-43-41-39-37-17-15-13-11-9-7-2/h43,45,50-51,55H,6-42,44,46-49H2,1-5H3,(H-,53,56,57,58)/b45-43+. The topological polar surface area (TPSA) is 108 Å². The average molecular weight is 885 g/mol. The summed E-state index contributed by atoms with van der Waals surface area (Å²) in [5.41, 5.74) is 0. The smallest absolute Gasteiger partial charge is 0.268 e. The highest BCUT2D eigenvalue weighted by molar-refractivity contribution is 7.45. The largest absolute Gasteiger partial charge is 0.756 e. The number of phosphoric acid groups is 1. The minimum absolute atomic E-state index is 0.00202. The molecule has 0 fully saturated rings. The molecule has 1 amide bonds. The maximum atomic E-state index is 12.9. The van der Waals surface area contributed by atoms with Crippen LogP contribution in [0.15, 0.2) is 12.2 Å². The lowest BCUT2D eigenvalue weighted by Gasteiger charge is -2.29. The number of hydrogen-bond donors (Lipinski definition) is 2. The number of rotatable bonds is 49. The molecule has 0 spiro atoms. The maximum absolute atomic E-state index is 12.9. The third-order valence-electron chi connectivity index (χ3n) is 12.2. The van der Waals surface area contributed by atoms with Crippen LogP contribution >= 0.6 is 7.82 Å². The molecule has 61 heavy (non-hydrogen) atoms. The quantitative estimate of drug-likeness (QED) is 0.0273. The SMILES string of the molecule is CCCCCCCCCC/C=C/C(O)C(COP(=O)([O-])OCC[N+](C)(C)C)NC(=O)CCCCCCCCCCCCCCCCCCCCCCCCCCCCCCC. The predicted molar refractivity (Wildman–Crippen MR) is 261 cm³/mol. The second-order valence-corrected chi connectivity index (χ2v) is 21.0. The van der Waals surface area contributed by atoms with Crippen LogP contribution in [0.25, 0.3) is 0 Å². The summed E-state index contributed by atoms with van der Waals surface area (Å²) >= 11 is 0. The van der Waals surface area contributed by atoms with Crippen molar-refractivity contribution in [3.8, 4) is 0 Å². The number of carbonyl (C=O) groups excluding carboxylic acids is 1. The fourth-order valence-corrected chi connectivity index (χ4v) is 8.76. The van der Waals surface area contributed by atoms with E-state index in [4.69, 9.17) is 9.05 Å². The second kappa shape index (κ2) is 44.4. The number of allylic oxidation sites excluding steroid dienone is 1. The van der Waals surface area contributed by atoms with Crippen LogP contribution < -0.4 is 10.2 Å². The van der Waals surface area contributed by atoms with Crippen molar-refractivity contribution in [1.82, 2.24) is 5.32 Å². The predicted octanol–water partition coefficient (Wildman–Crippen LogP) is 14.8. The summed E-state index contributed by atoms with van der Waals surface area (Å²) in [7, 11) is 1.27. The minimum Gasteiger partial charge on any atom is -0.756 e. The second-order valence-electron chi connectivity index (χ2n) is 19.6. The third-order valence-corrected chi connectivity index (χ3v) is 13.2. The Hall–Kier alpha value is -0.760. The zero-order chi connectivity index (χ0) is 45.0. The van der Waals surface area contributed by atoms with E-state index in [1.165, 1.54) is 205 Å². The molecule has 8 nitrogen and oxygen atoms in total. The molecule has 0 aliphatic heterocycles. The molecule has 0 bridgehead atoms. The molecule has 0 saturated heterocycles. The lowest BCUT2D eigenvalue weighted by Crippen LogP contribution is -2.45. The normalized spacial score (nSPS) is 14.1. The van der Waals surface area contributed by atoms with Gasteiger partial charge in [0.25, 0.3) is 7.82 Å². The van der Waals surface area contributed by atoms with Crippen molar-refractivity contribution < 1.29 is 32.9 Å². The average Bonchev–Trinajstić information content (AvgIpc) is 3.21. The van der Waals surface area contributed by atoms with Gasteiger partial charge in [0.2, 0.25) is 5.91 Å². The summed E-state index contributed by atoms with van der Waals surface area (Å²) < 4.78 is 23.2. The van der Waals surface area contributed by atoms with Crippen molar-refractivity contribution in [3.05, 3.63) is 12.2 Å². The fraction of sp³-hybridized carbons (Fsp3) is 0.942. The van der Waals surface area contributed by atoms with Crippen LogP contribution in [0.4, 0.5) is 0 Å². The zero-order valence-electron chi connectivity index (χ0n) is 41.4. The molecule has 364 valence electrons. The van der Waals surface area contributed by atoms with Crippen molar-refractivity contribution in [2.45, 2.75) is 276 Å². The fourth-order valence-electron chi connectivity index (χ4n) is 8.04. The van der Waals surface area contributed by atoms with Crippen LogP contribution in [0.5, 0.6) is 0 Å². The first kappa shape index (κ1) is 60.2. The van der Waals surface area contributed by atoms with Gasteiger partial charge in [0, 0.05) is 6.42 Å². The van der Waals surface area contributed by atoms with Gasteiger partial charge in [-0.15, -0.1) is 0 Å². The molecule has 0 aromatic carbocycles. The van der Waals surface area contributed by atoms with Gasteiger partial charge in [0.05, 0.1) is 39.9 Å². The molecule has 3 atom stereocenters. The van der Waals surface area contributed by atoms with Crippen LogP contribution in [0.2, 0.25) is 0 Å². The van der Waals surface area contributed by atoms with Crippen LogP contribution in [0.1, 0.15) is 264 Å². The summed E-state index contributed by atoms with van der Waals surface area (Å²) in [6, 6.07) is -0.879. The number of aliphatic hydroxyl groups excluding tert-OH is 1. The Morgan fingerprint density at radius 2 is 0.885 bits per heavy atom. The molecule has 0 heterocycles. The first-order valence-corrected chi connectivity index (χ1v) is 28.0. The van der Waals surface area contributed by atoms with Gasteiger partial charge in [-0.3, -0.25) is 9.36 Å². The van der Waals surface area contributed by atoms with Gasteiger partial charge < -0.3 is 28.8 Å². The van der Waals surface area contributed by atoms with E-state index in [2.05, 4.69) is 19.2 Å². The molecule has 0 aliphatic rings. The molecule has 0 aromatic rings. The van der Waals surface area contributed by atoms with Crippen molar-refractivity contribution in [1.29, 1.82) is 0 Å². The molecule has 0 saturated carbocycles. The van der Waals surface area contributed by atoms with Crippen LogP contribution in [-0.4, -0.2) is 68.5 Å². The maximum Gasteiger partial charge on any atom is 0.268 e. The number of phosphoric ester groups is 1. The van der Waals surface area contributed by atoms with Crippen LogP contribution in [-0.2, 0) is 18.4 Å². The molecule has 9 heteroatoms. The van der Waals surface area contributed by atoms with E-state index < -0.39 is 20.0 Å². The summed E-state index contributed by atoms with van der Waals surface area (Å²) in [5.74, 6) is -0.194. The Morgan fingerprint density at radius 1 is 0.557 bits per heavy atom. The van der Waals surface area contributed by atoms with E-state index in [-0.39, 0.29) is 19.1 Å². The van der Waals surface area contributed by atoms with E-state index in [1.807, 2.05) is 27.2 Å². The van der Waals surface area contributed by atoms with Crippen molar-refractivity contribution in [2.24, 2.45) is 0 Å². The molecule has 0 rings (SSSR count). The number of unbranched alkanes of at least 4 members (excludes halogenated alkanes) is 36. The summed E-state index contributed by atoms with van der Waals surface area (Å²) in [6.45, 7) is 4.65. The highest BCUT2D eigenvalue weighted by Gasteiger charge is 2.23. The molecular weight excluding hydrogens is 780 g/mol. The number of nitrogens with one attached hydrogen (secondary N) is 1. The molecule has 0 aromatic heterocycles. The van der Waals surface area contributed by atoms with Crippen LogP contribution in [0.3, 0.4) is 0 Å². The van der Waals surface area contributed by atoms with E-state index >= 15 is 0 Å². The Bertz CT molecular complexity index is 1000. The van der Waals surface area contributed by atoms with Crippen molar-refractivity contribution in [3.63, 3.8) is 0 Å². The van der Waals surface area contributed by atoms with Gasteiger partial charge in [-0.1, -0.05) is 251 Å². The zero-order valence-corrected chi connectivity index (χ0v) is 42.3. The molecule has 0 aliphatic carbocycles. The number of amides is 1. The Kier molecular flexibility index (Phi) is 43.9. The highest BCUT2D eigenvalue weighted by atomic mass is 31.2. The van der Waals surface area contributed by atoms with Crippen molar-refractivity contribution in [2.75, 3.05) is 40.9 Å². The van der Waals surface area contributed by atoms with Gasteiger partial charge in [0.1, 0.15) is 13.2 Å². The number of carbonyl (C=O) groups is 1. The minimum atomic E-state index is -4.58. The van der Waals surface area contributed by atoms with Crippen LogP contribution in [0, 0.1) is 0 Å². The Labute approximate surface area is 380 Å². The number of likely N-dealkylation sites (N-methyl/N-ethyl adjacent to an activating group) is 1. The number of hydrogen-bond acceptors (Lipinski definition) is 6. The van der Waals surface area contributed by atoms with Gasteiger partial charge in [-0.25, -0.2) is 0 Å².